The SMILES string of the molecule is C1=N[N]c2ccc3cc4ccccc4cc3c21. The van der Waals surface area contributed by atoms with Gasteiger partial charge in [-0.25, -0.2) is 0 Å². The molecule has 2 nitrogen and oxygen atoms in total. The van der Waals surface area contributed by atoms with Gasteiger partial charge in [-0.05, 0) is 39.7 Å². The molecule has 0 aliphatic carbocycles. The smallest absolute Gasteiger partial charge is 0.0951 e. The van der Waals surface area contributed by atoms with E-state index in [2.05, 4.69) is 53.0 Å². The van der Waals surface area contributed by atoms with Gasteiger partial charge in [-0.3, -0.25) is 0 Å². The lowest BCUT2D eigenvalue weighted by Gasteiger charge is -2.05. The average molecular weight is 217 g/mol. The molecule has 0 bridgehead atoms. The molecule has 1 radical (unpaired) electrons. The molecular formula is C15H9N2. The molecule has 3 aromatic carbocycles. The number of hydrogen-bond donors (Lipinski definition) is 0. The van der Waals surface area contributed by atoms with E-state index in [1.807, 2.05) is 12.3 Å². The van der Waals surface area contributed by atoms with Crippen LogP contribution in [0.15, 0.2) is 53.6 Å². The van der Waals surface area contributed by atoms with Crippen molar-refractivity contribution in [3.63, 3.8) is 0 Å². The average Bonchev–Trinajstić information content (AvgIpc) is 2.85. The quantitative estimate of drug-likeness (QED) is 0.514. The normalized spacial score (nSPS) is 12.9. The molecule has 1 aliphatic rings. The Balaban J connectivity index is 2.21. The molecule has 0 N–H and O–H groups in total. The van der Waals surface area contributed by atoms with E-state index in [9.17, 15) is 0 Å². The molecule has 0 unspecified atom stereocenters. The number of benzene rings is 3. The number of rotatable bonds is 0. The molecule has 0 atom stereocenters. The minimum atomic E-state index is 0.966. The van der Waals surface area contributed by atoms with E-state index in [-0.39, 0.29) is 0 Å². The van der Waals surface area contributed by atoms with Gasteiger partial charge in [-0.15, -0.1) is 0 Å². The van der Waals surface area contributed by atoms with Crippen molar-refractivity contribution in [2.24, 2.45) is 5.10 Å². The molecule has 17 heavy (non-hydrogen) atoms. The van der Waals surface area contributed by atoms with Crippen LogP contribution in [0.4, 0.5) is 5.69 Å². The van der Waals surface area contributed by atoms with E-state index in [1.54, 1.807) is 0 Å². The van der Waals surface area contributed by atoms with E-state index < -0.39 is 0 Å². The number of hydrogen-bond acceptors (Lipinski definition) is 1. The first-order chi connectivity index (χ1) is 8.42. The van der Waals surface area contributed by atoms with Crippen LogP contribution >= 0.6 is 0 Å². The topological polar surface area (TPSA) is 26.5 Å². The molecule has 0 fully saturated rings. The Hall–Kier alpha value is -2.35. The summed E-state index contributed by atoms with van der Waals surface area (Å²) in [5.41, 5.74) is 6.20. The van der Waals surface area contributed by atoms with Gasteiger partial charge in [0.15, 0.2) is 0 Å². The van der Waals surface area contributed by atoms with Crippen molar-refractivity contribution in [2.75, 3.05) is 0 Å². The third-order valence-corrected chi connectivity index (χ3v) is 3.26. The Bertz CT molecular complexity index is 772. The first-order valence-corrected chi connectivity index (χ1v) is 5.61. The van der Waals surface area contributed by atoms with Crippen LogP contribution in [0.25, 0.3) is 21.5 Å². The van der Waals surface area contributed by atoms with Crippen molar-refractivity contribution in [3.8, 4) is 0 Å². The molecule has 0 aromatic heterocycles. The lowest BCUT2D eigenvalue weighted by atomic mass is 9.99. The number of nitrogens with zero attached hydrogens (tertiary/aromatic N) is 2. The lowest BCUT2D eigenvalue weighted by Crippen LogP contribution is -1.85. The Morgan fingerprint density at radius 2 is 1.59 bits per heavy atom. The Morgan fingerprint density at radius 3 is 2.47 bits per heavy atom. The summed E-state index contributed by atoms with van der Waals surface area (Å²) < 4.78 is 0. The summed E-state index contributed by atoms with van der Waals surface area (Å²) in [5, 5.41) is 8.98. The maximum absolute atomic E-state index is 4.10. The van der Waals surface area contributed by atoms with Gasteiger partial charge < -0.3 is 0 Å². The van der Waals surface area contributed by atoms with Crippen molar-refractivity contribution in [2.45, 2.75) is 0 Å². The molecule has 1 heterocycles. The lowest BCUT2D eigenvalue weighted by molar-refractivity contribution is 0.992. The fraction of sp³-hybridized carbons (Fsp3) is 0. The van der Waals surface area contributed by atoms with Crippen molar-refractivity contribution >= 4 is 33.4 Å². The predicted octanol–water partition coefficient (Wildman–Crippen LogP) is 3.58. The maximum atomic E-state index is 4.10. The standard InChI is InChI=1S/C15H9N2/c1-2-4-11-8-13-12(7-10(11)3-1)5-6-15-14(13)9-16-17-15/h1-9H. The Labute approximate surface area is 98.6 Å². The third-order valence-electron chi connectivity index (χ3n) is 3.26. The summed E-state index contributed by atoms with van der Waals surface area (Å²) in [6, 6.07) is 17.0. The van der Waals surface area contributed by atoms with E-state index in [0.717, 1.165) is 11.3 Å². The van der Waals surface area contributed by atoms with Gasteiger partial charge in [0.1, 0.15) is 0 Å². The zero-order valence-electron chi connectivity index (χ0n) is 9.09. The molecule has 1 aliphatic heterocycles. The molecule has 0 saturated carbocycles. The zero-order chi connectivity index (χ0) is 11.2. The largest absolute Gasteiger partial charge is 0.158 e. The summed E-state index contributed by atoms with van der Waals surface area (Å²) in [6.45, 7) is 0. The first-order valence-electron chi connectivity index (χ1n) is 5.61. The van der Waals surface area contributed by atoms with Crippen LogP contribution in [0.1, 0.15) is 5.56 Å². The number of fused-ring (bicyclic) bond motifs is 4. The van der Waals surface area contributed by atoms with Gasteiger partial charge in [0.2, 0.25) is 0 Å². The third kappa shape index (κ3) is 1.18. The van der Waals surface area contributed by atoms with Crippen LogP contribution in [0.3, 0.4) is 0 Å². The summed E-state index contributed by atoms with van der Waals surface area (Å²) in [5.74, 6) is 0. The highest BCUT2D eigenvalue weighted by Crippen LogP contribution is 2.30. The van der Waals surface area contributed by atoms with E-state index in [0.29, 0.717) is 0 Å². The van der Waals surface area contributed by atoms with E-state index in [1.165, 1.54) is 21.5 Å². The van der Waals surface area contributed by atoms with Crippen LogP contribution in [0.2, 0.25) is 0 Å². The monoisotopic (exact) mass is 217 g/mol. The summed E-state index contributed by atoms with van der Waals surface area (Å²) in [7, 11) is 0. The van der Waals surface area contributed by atoms with Gasteiger partial charge in [0.05, 0.1) is 11.9 Å². The van der Waals surface area contributed by atoms with E-state index in [4.69, 9.17) is 0 Å². The second-order valence-corrected chi connectivity index (χ2v) is 4.26. The van der Waals surface area contributed by atoms with Gasteiger partial charge in [-0.1, -0.05) is 30.3 Å². The Morgan fingerprint density at radius 1 is 0.765 bits per heavy atom. The Kier molecular flexibility index (Phi) is 1.59. The minimum Gasteiger partial charge on any atom is -0.158 e. The first kappa shape index (κ1) is 8.76. The molecule has 0 spiro atoms. The molecule has 4 rings (SSSR count). The highest BCUT2D eigenvalue weighted by Gasteiger charge is 2.11. The highest BCUT2D eigenvalue weighted by molar-refractivity contribution is 6.10. The van der Waals surface area contributed by atoms with Crippen molar-refractivity contribution < 1.29 is 0 Å². The van der Waals surface area contributed by atoms with Crippen LogP contribution in [0, 0.1) is 0 Å². The van der Waals surface area contributed by atoms with Gasteiger partial charge in [0.25, 0.3) is 0 Å². The molecular weight excluding hydrogens is 208 g/mol. The maximum Gasteiger partial charge on any atom is 0.0951 e. The van der Waals surface area contributed by atoms with Gasteiger partial charge in [0, 0.05) is 5.56 Å². The van der Waals surface area contributed by atoms with E-state index >= 15 is 0 Å². The summed E-state index contributed by atoms with van der Waals surface area (Å²) in [4.78, 5) is 0. The molecule has 2 heteroatoms. The molecule has 79 valence electrons. The van der Waals surface area contributed by atoms with Gasteiger partial charge in [-0.2, -0.15) is 10.5 Å². The zero-order valence-corrected chi connectivity index (χ0v) is 9.09. The van der Waals surface area contributed by atoms with Crippen molar-refractivity contribution in [3.05, 3.63) is 54.1 Å². The van der Waals surface area contributed by atoms with Crippen molar-refractivity contribution in [1.82, 2.24) is 5.43 Å². The van der Waals surface area contributed by atoms with Crippen LogP contribution in [-0.4, -0.2) is 6.21 Å². The summed E-state index contributed by atoms with van der Waals surface area (Å²) >= 11 is 0. The fourth-order valence-electron chi connectivity index (χ4n) is 2.40. The molecule has 0 amide bonds. The molecule has 3 aromatic rings. The van der Waals surface area contributed by atoms with Crippen molar-refractivity contribution in [1.29, 1.82) is 0 Å². The second-order valence-electron chi connectivity index (χ2n) is 4.26. The van der Waals surface area contributed by atoms with Crippen LogP contribution in [-0.2, 0) is 0 Å². The summed E-state index contributed by atoms with van der Waals surface area (Å²) in [6.07, 6.45) is 1.84. The minimum absolute atomic E-state index is 0.966. The van der Waals surface area contributed by atoms with Gasteiger partial charge >= 0.3 is 0 Å². The van der Waals surface area contributed by atoms with Crippen LogP contribution in [0.5, 0.6) is 0 Å². The fourth-order valence-corrected chi connectivity index (χ4v) is 2.40. The second kappa shape index (κ2) is 3.08. The van der Waals surface area contributed by atoms with Crippen LogP contribution < -0.4 is 5.43 Å². The predicted molar refractivity (Wildman–Crippen MR) is 70.8 cm³/mol. The molecule has 0 saturated heterocycles. The highest BCUT2D eigenvalue weighted by atomic mass is 15.3.